The zero-order valence-corrected chi connectivity index (χ0v) is 16.2. The molecule has 0 unspecified atom stereocenters. The summed E-state index contributed by atoms with van der Waals surface area (Å²) in [6.45, 7) is 0. The van der Waals surface area contributed by atoms with E-state index in [-0.39, 0.29) is 39.9 Å². The fourth-order valence-electron chi connectivity index (χ4n) is 3.90. The highest BCUT2D eigenvalue weighted by Crippen LogP contribution is 2.48. The van der Waals surface area contributed by atoms with Crippen molar-refractivity contribution < 1.29 is 18.5 Å². The van der Waals surface area contributed by atoms with E-state index in [4.69, 9.17) is 5.73 Å². The highest BCUT2D eigenvalue weighted by molar-refractivity contribution is 7.15. The maximum Gasteiger partial charge on any atom is 0.324 e. The van der Waals surface area contributed by atoms with Gasteiger partial charge in [-0.25, -0.2) is 8.78 Å². The number of thiophene rings is 1. The molecule has 2 aliphatic rings. The van der Waals surface area contributed by atoms with Crippen molar-refractivity contribution in [2.24, 2.45) is 5.73 Å². The van der Waals surface area contributed by atoms with Crippen molar-refractivity contribution in [3.05, 3.63) is 79.6 Å². The van der Waals surface area contributed by atoms with Crippen LogP contribution in [0.25, 0.3) is 0 Å². The van der Waals surface area contributed by atoms with Crippen molar-refractivity contribution in [3.8, 4) is 6.07 Å². The summed E-state index contributed by atoms with van der Waals surface area (Å²) < 4.78 is 28.0. The van der Waals surface area contributed by atoms with Crippen LogP contribution in [0.1, 0.15) is 30.1 Å². The molecular formula is C20H14F2N4O3S. The number of Topliss-reactive ketones (excluding diaryl/α,β-unsaturated/α-hetero) is 1. The summed E-state index contributed by atoms with van der Waals surface area (Å²) in [4.78, 5) is 25.2. The van der Waals surface area contributed by atoms with Gasteiger partial charge in [0.15, 0.2) is 5.78 Å². The Morgan fingerprint density at radius 1 is 1.27 bits per heavy atom. The van der Waals surface area contributed by atoms with Crippen molar-refractivity contribution in [1.82, 2.24) is 0 Å². The standard InChI is InChI=1S/C20H14F2N4O3S/c21-10-4-5-13(12(22)8-10)25-14-2-1-3-15(27)19(14)18(11(9-23)20(25)24)16-6-7-17(30-16)26(28)29/h4-8,18H,1-3,24H2/t18-/m0/s1. The average Bonchev–Trinajstić information content (AvgIpc) is 3.18. The van der Waals surface area contributed by atoms with Gasteiger partial charge in [0.25, 0.3) is 0 Å². The number of nitro groups is 1. The second-order valence-electron chi connectivity index (χ2n) is 6.85. The lowest BCUT2D eigenvalue weighted by Crippen LogP contribution is -2.39. The summed E-state index contributed by atoms with van der Waals surface area (Å²) in [6, 6.07) is 7.77. The molecule has 10 heteroatoms. The van der Waals surface area contributed by atoms with E-state index in [0.717, 1.165) is 17.4 Å². The predicted molar refractivity (Wildman–Crippen MR) is 105 cm³/mol. The van der Waals surface area contributed by atoms with Gasteiger partial charge in [0.2, 0.25) is 0 Å². The first-order chi connectivity index (χ1) is 14.3. The lowest BCUT2D eigenvalue weighted by molar-refractivity contribution is -0.380. The SMILES string of the molecule is N#CC1=C(N)N(c2ccc(F)cc2F)C2=C(C(=O)CCC2)[C@@H]1c1ccc([N+](=O)[O-])s1. The van der Waals surface area contributed by atoms with Gasteiger partial charge in [0.1, 0.15) is 17.5 Å². The molecule has 1 aromatic heterocycles. The monoisotopic (exact) mass is 428 g/mol. The van der Waals surface area contributed by atoms with Gasteiger partial charge in [-0.3, -0.25) is 19.8 Å². The van der Waals surface area contributed by atoms with Crippen LogP contribution >= 0.6 is 11.3 Å². The zero-order chi connectivity index (χ0) is 21.6. The van der Waals surface area contributed by atoms with Crippen molar-refractivity contribution >= 4 is 27.8 Å². The number of allylic oxidation sites excluding steroid dienone is 3. The van der Waals surface area contributed by atoms with Crippen LogP contribution in [0.3, 0.4) is 0 Å². The highest BCUT2D eigenvalue weighted by Gasteiger charge is 2.41. The Balaban J connectivity index is 1.96. The largest absolute Gasteiger partial charge is 0.384 e. The minimum Gasteiger partial charge on any atom is -0.384 e. The van der Waals surface area contributed by atoms with E-state index in [1.165, 1.54) is 23.1 Å². The Kier molecular flexibility index (Phi) is 4.83. The first kappa shape index (κ1) is 19.7. The molecule has 2 N–H and O–H groups in total. The van der Waals surface area contributed by atoms with Crippen LogP contribution in [-0.2, 0) is 4.79 Å². The summed E-state index contributed by atoms with van der Waals surface area (Å²) in [6.07, 6.45) is 1.13. The molecule has 1 aromatic carbocycles. The molecule has 1 atom stereocenters. The third-order valence-electron chi connectivity index (χ3n) is 5.14. The highest BCUT2D eigenvalue weighted by atomic mass is 32.1. The van der Waals surface area contributed by atoms with E-state index < -0.39 is 22.5 Å². The number of nitrogens with zero attached hydrogens (tertiary/aromatic N) is 3. The summed E-state index contributed by atoms with van der Waals surface area (Å²) >= 11 is 0.860. The molecule has 152 valence electrons. The Hall–Kier alpha value is -3.58. The molecule has 0 spiro atoms. The van der Waals surface area contributed by atoms with E-state index >= 15 is 0 Å². The van der Waals surface area contributed by atoms with Crippen LogP contribution in [0, 0.1) is 33.1 Å². The summed E-state index contributed by atoms with van der Waals surface area (Å²) in [5.41, 5.74) is 6.88. The first-order valence-electron chi connectivity index (χ1n) is 8.98. The summed E-state index contributed by atoms with van der Waals surface area (Å²) in [7, 11) is 0. The lowest BCUT2D eigenvalue weighted by atomic mass is 9.78. The molecule has 0 saturated carbocycles. The number of hydrogen-bond acceptors (Lipinski definition) is 7. The topological polar surface area (TPSA) is 113 Å². The molecule has 7 nitrogen and oxygen atoms in total. The van der Waals surface area contributed by atoms with E-state index in [1.807, 2.05) is 6.07 Å². The number of anilines is 1. The van der Waals surface area contributed by atoms with Gasteiger partial charge in [-0.15, -0.1) is 0 Å². The van der Waals surface area contributed by atoms with Gasteiger partial charge in [0, 0.05) is 34.7 Å². The lowest BCUT2D eigenvalue weighted by Gasteiger charge is -2.39. The van der Waals surface area contributed by atoms with Crippen LogP contribution in [-0.4, -0.2) is 10.7 Å². The molecule has 4 rings (SSSR count). The third-order valence-corrected chi connectivity index (χ3v) is 6.24. The van der Waals surface area contributed by atoms with Crippen molar-refractivity contribution in [2.45, 2.75) is 25.2 Å². The minimum absolute atomic E-state index is 0.00975. The van der Waals surface area contributed by atoms with Crippen molar-refractivity contribution in [2.75, 3.05) is 4.90 Å². The Morgan fingerprint density at radius 3 is 2.67 bits per heavy atom. The predicted octanol–water partition coefficient (Wildman–Crippen LogP) is 4.24. The van der Waals surface area contributed by atoms with Gasteiger partial charge >= 0.3 is 5.00 Å². The van der Waals surface area contributed by atoms with Crippen LogP contribution in [0.2, 0.25) is 0 Å². The molecule has 2 aromatic rings. The fraction of sp³-hybridized carbons (Fsp3) is 0.200. The maximum atomic E-state index is 14.6. The second-order valence-corrected chi connectivity index (χ2v) is 7.94. The van der Waals surface area contributed by atoms with Gasteiger partial charge in [-0.05, 0) is 31.0 Å². The van der Waals surface area contributed by atoms with E-state index in [2.05, 4.69) is 0 Å². The minimum atomic E-state index is -0.884. The number of ketones is 1. The number of halogens is 2. The van der Waals surface area contributed by atoms with E-state index in [1.54, 1.807) is 0 Å². The molecule has 0 saturated heterocycles. The zero-order valence-electron chi connectivity index (χ0n) is 15.4. The van der Waals surface area contributed by atoms with Gasteiger partial charge in [-0.1, -0.05) is 11.3 Å². The molecule has 0 amide bonds. The molecule has 0 bridgehead atoms. The Morgan fingerprint density at radius 2 is 2.03 bits per heavy atom. The number of carbonyl (C=O) groups excluding carboxylic acids is 1. The normalized spacial score (nSPS) is 19.0. The molecule has 1 aliphatic carbocycles. The van der Waals surface area contributed by atoms with Crippen LogP contribution in [0.4, 0.5) is 19.5 Å². The summed E-state index contributed by atoms with van der Waals surface area (Å²) in [5, 5.41) is 20.8. The Labute approximate surface area is 173 Å². The fourth-order valence-corrected chi connectivity index (χ4v) is 4.85. The summed E-state index contributed by atoms with van der Waals surface area (Å²) in [5.74, 6) is -2.84. The van der Waals surface area contributed by atoms with Crippen molar-refractivity contribution in [1.29, 1.82) is 5.26 Å². The van der Waals surface area contributed by atoms with Crippen LogP contribution in [0.5, 0.6) is 0 Å². The van der Waals surface area contributed by atoms with Gasteiger partial charge < -0.3 is 5.73 Å². The van der Waals surface area contributed by atoms with Gasteiger partial charge in [0.05, 0.1) is 28.2 Å². The number of nitriles is 1. The number of hydrogen-bond donors (Lipinski definition) is 1. The number of rotatable bonds is 3. The Bertz CT molecular complexity index is 1190. The first-order valence-corrected chi connectivity index (χ1v) is 9.80. The smallest absolute Gasteiger partial charge is 0.324 e. The number of benzene rings is 1. The van der Waals surface area contributed by atoms with E-state index in [0.29, 0.717) is 29.5 Å². The molecular weight excluding hydrogens is 414 g/mol. The van der Waals surface area contributed by atoms with Crippen LogP contribution in [0.15, 0.2) is 53.0 Å². The molecule has 30 heavy (non-hydrogen) atoms. The van der Waals surface area contributed by atoms with Crippen molar-refractivity contribution in [3.63, 3.8) is 0 Å². The quantitative estimate of drug-likeness (QED) is 0.578. The van der Waals surface area contributed by atoms with Crippen LogP contribution < -0.4 is 10.6 Å². The molecule has 1 aliphatic heterocycles. The second kappa shape index (κ2) is 7.35. The number of nitrogens with two attached hydrogens (primary N) is 1. The van der Waals surface area contributed by atoms with Gasteiger partial charge in [-0.2, -0.15) is 5.26 Å². The maximum absolute atomic E-state index is 14.6. The molecule has 0 radical (unpaired) electrons. The van der Waals surface area contributed by atoms with E-state index in [9.17, 15) is 29.0 Å². The average molecular weight is 428 g/mol. The molecule has 2 heterocycles. The third kappa shape index (κ3) is 3.04. The molecule has 0 fully saturated rings. The number of carbonyl (C=O) groups is 1.